The summed E-state index contributed by atoms with van der Waals surface area (Å²) in [6, 6.07) is 7.05. The van der Waals surface area contributed by atoms with Crippen molar-refractivity contribution in [3.63, 3.8) is 0 Å². The predicted molar refractivity (Wildman–Crippen MR) is 62.4 cm³/mol. The number of rotatable bonds is 2. The minimum Gasteiger partial charge on any atom is -0.457 e. The predicted octanol–water partition coefficient (Wildman–Crippen LogP) is 1.99. The molecule has 0 aliphatic rings. The second kappa shape index (κ2) is 4.37. The number of furan rings is 1. The molecule has 0 aliphatic heterocycles. The van der Waals surface area contributed by atoms with Crippen molar-refractivity contribution in [1.29, 1.82) is 0 Å². The Kier molecular flexibility index (Phi) is 2.92. The number of pyridine rings is 1. The van der Waals surface area contributed by atoms with Gasteiger partial charge in [0.1, 0.15) is 0 Å². The molecular formula is C12H10NO2S+. The summed E-state index contributed by atoms with van der Waals surface area (Å²) in [5.41, 5.74) is 0.665. The van der Waals surface area contributed by atoms with E-state index in [0.29, 0.717) is 16.3 Å². The van der Waals surface area contributed by atoms with Crippen LogP contribution in [-0.2, 0) is 0 Å². The molecule has 2 aromatic heterocycles. The lowest BCUT2D eigenvalue weighted by atomic mass is 10.2. The highest BCUT2D eigenvalue weighted by Gasteiger charge is 2.15. The number of thiocarbonyl (C=S) groups is 1. The molecule has 0 aliphatic carbocycles. The molecule has 4 heteroatoms. The SMILES string of the molecule is CC(=O)c1cc[n+](C(=S)c2ccco2)cc1. The summed E-state index contributed by atoms with van der Waals surface area (Å²) in [6.45, 7) is 1.53. The van der Waals surface area contributed by atoms with E-state index in [1.54, 1.807) is 47.5 Å². The van der Waals surface area contributed by atoms with Crippen molar-refractivity contribution in [1.82, 2.24) is 0 Å². The first kappa shape index (κ1) is 10.7. The molecule has 0 N–H and O–H groups in total. The van der Waals surface area contributed by atoms with Crippen LogP contribution in [-0.4, -0.2) is 10.8 Å². The number of aromatic nitrogens is 1. The lowest BCUT2D eigenvalue weighted by molar-refractivity contribution is -0.551. The zero-order chi connectivity index (χ0) is 11.5. The van der Waals surface area contributed by atoms with E-state index in [1.165, 1.54) is 6.92 Å². The van der Waals surface area contributed by atoms with Gasteiger partial charge in [-0.05, 0) is 31.3 Å². The van der Waals surface area contributed by atoms with Crippen LogP contribution in [0.15, 0.2) is 47.3 Å². The maximum atomic E-state index is 11.1. The summed E-state index contributed by atoms with van der Waals surface area (Å²) in [4.78, 5) is 11.7. The molecule has 0 unspecified atom stereocenters. The van der Waals surface area contributed by atoms with Gasteiger partial charge in [0.2, 0.25) is 5.76 Å². The second-order valence-corrected chi connectivity index (χ2v) is 3.72. The van der Waals surface area contributed by atoms with Crippen LogP contribution >= 0.6 is 12.2 Å². The van der Waals surface area contributed by atoms with Crippen molar-refractivity contribution in [3.05, 3.63) is 54.2 Å². The summed E-state index contributed by atoms with van der Waals surface area (Å²) in [5.74, 6) is 0.673. The molecule has 0 saturated carbocycles. The van der Waals surface area contributed by atoms with Crippen molar-refractivity contribution in [3.8, 4) is 0 Å². The van der Waals surface area contributed by atoms with E-state index >= 15 is 0 Å². The lowest BCUT2D eigenvalue weighted by Gasteiger charge is -1.95. The number of nitrogens with zero attached hydrogens (tertiary/aromatic N) is 1. The van der Waals surface area contributed by atoms with Crippen LogP contribution in [0, 0.1) is 0 Å². The zero-order valence-corrected chi connectivity index (χ0v) is 9.53. The van der Waals surface area contributed by atoms with E-state index in [0.717, 1.165) is 0 Å². The summed E-state index contributed by atoms with van der Waals surface area (Å²) >= 11 is 5.23. The van der Waals surface area contributed by atoms with Crippen LogP contribution < -0.4 is 4.57 Å². The average Bonchev–Trinajstić information content (AvgIpc) is 2.81. The molecule has 2 rings (SSSR count). The van der Waals surface area contributed by atoms with Crippen molar-refractivity contribution >= 4 is 23.0 Å². The zero-order valence-electron chi connectivity index (χ0n) is 8.71. The molecule has 0 atom stereocenters. The van der Waals surface area contributed by atoms with Gasteiger partial charge in [0, 0.05) is 17.7 Å². The average molecular weight is 232 g/mol. The van der Waals surface area contributed by atoms with Gasteiger partial charge in [-0.3, -0.25) is 4.79 Å². The maximum Gasteiger partial charge on any atom is 0.320 e. The third kappa shape index (κ3) is 2.06. The van der Waals surface area contributed by atoms with Gasteiger partial charge in [0.25, 0.3) is 0 Å². The smallest absolute Gasteiger partial charge is 0.320 e. The van der Waals surface area contributed by atoms with Crippen molar-refractivity contribution in [2.24, 2.45) is 0 Å². The first-order valence-corrected chi connectivity index (χ1v) is 5.20. The number of carbonyl (C=O) groups is 1. The molecular weight excluding hydrogens is 222 g/mol. The number of hydrogen-bond donors (Lipinski definition) is 0. The molecule has 0 saturated heterocycles. The van der Waals surface area contributed by atoms with E-state index in [-0.39, 0.29) is 5.78 Å². The molecule has 0 spiro atoms. The van der Waals surface area contributed by atoms with Gasteiger partial charge in [-0.2, -0.15) is 4.57 Å². The van der Waals surface area contributed by atoms with E-state index < -0.39 is 0 Å². The topological polar surface area (TPSA) is 34.1 Å². The van der Waals surface area contributed by atoms with Gasteiger partial charge in [-0.15, -0.1) is 0 Å². The Labute approximate surface area is 98.3 Å². The van der Waals surface area contributed by atoms with Crippen molar-refractivity contribution < 1.29 is 13.8 Å². The van der Waals surface area contributed by atoms with Crippen LogP contribution in [0.3, 0.4) is 0 Å². The minimum atomic E-state index is 0.0380. The van der Waals surface area contributed by atoms with Crippen LogP contribution in [0.2, 0.25) is 0 Å². The molecule has 0 bridgehead atoms. The fourth-order valence-electron chi connectivity index (χ4n) is 1.32. The van der Waals surface area contributed by atoms with Crippen molar-refractivity contribution in [2.75, 3.05) is 0 Å². The van der Waals surface area contributed by atoms with E-state index in [2.05, 4.69) is 0 Å². The number of ketones is 1. The fraction of sp³-hybridized carbons (Fsp3) is 0.0833. The standard InChI is InChI=1S/C12H10NO2S/c1-9(14)10-4-6-13(7-5-10)12(16)11-3-2-8-15-11/h2-8H,1H3/q+1. The van der Waals surface area contributed by atoms with Crippen LogP contribution in [0.1, 0.15) is 23.0 Å². The third-order valence-corrected chi connectivity index (χ3v) is 2.61. The molecule has 0 fully saturated rings. The van der Waals surface area contributed by atoms with Crippen LogP contribution in [0.4, 0.5) is 0 Å². The Morgan fingerprint density at radius 1 is 1.31 bits per heavy atom. The summed E-state index contributed by atoms with van der Waals surface area (Å²) in [5, 5.41) is 0. The lowest BCUT2D eigenvalue weighted by Crippen LogP contribution is -2.41. The van der Waals surface area contributed by atoms with Crippen LogP contribution in [0.25, 0.3) is 0 Å². The highest BCUT2D eigenvalue weighted by molar-refractivity contribution is 7.80. The minimum absolute atomic E-state index is 0.0380. The Bertz CT molecular complexity index is 514. The van der Waals surface area contributed by atoms with E-state index in [4.69, 9.17) is 16.6 Å². The normalized spacial score (nSPS) is 10.1. The molecule has 3 nitrogen and oxygen atoms in total. The van der Waals surface area contributed by atoms with Crippen molar-refractivity contribution in [2.45, 2.75) is 6.92 Å². The molecule has 2 heterocycles. The summed E-state index contributed by atoms with van der Waals surface area (Å²) in [6.07, 6.45) is 5.08. The monoisotopic (exact) mass is 232 g/mol. The molecule has 16 heavy (non-hydrogen) atoms. The molecule has 0 amide bonds. The highest BCUT2D eigenvalue weighted by atomic mass is 32.1. The quantitative estimate of drug-likeness (QED) is 0.451. The van der Waals surface area contributed by atoms with Gasteiger partial charge in [0.05, 0.1) is 6.26 Å². The molecule has 2 aromatic rings. The summed E-state index contributed by atoms with van der Waals surface area (Å²) < 4.78 is 6.94. The second-order valence-electron chi connectivity index (χ2n) is 3.33. The Morgan fingerprint density at radius 2 is 2.00 bits per heavy atom. The van der Waals surface area contributed by atoms with E-state index in [9.17, 15) is 4.79 Å². The third-order valence-electron chi connectivity index (χ3n) is 2.20. The maximum absolute atomic E-state index is 11.1. The van der Waals surface area contributed by atoms with Gasteiger partial charge in [-0.25, -0.2) is 0 Å². The van der Waals surface area contributed by atoms with Gasteiger partial charge in [0.15, 0.2) is 18.2 Å². The Morgan fingerprint density at radius 3 is 2.50 bits per heavy atom. The molecule has 0 radical (unpaired) electrons. The fourth-order valence-corrected chi connectivity index (χ4v) is 1.56. The Balaban J connectivity index is 2.29. The Hall–Kier alpha value is -1.81. The number of carbonyl (C=O) groups excluding carboxylic acids is 1. The number of hydrogen-bond acceptors (Lipinski definition) is 3. The molecule has 0 aromatic carbocycles. The number of Topliss-reactive ketones (excluding diaryl/α,β-unsaturated/α-hetero) is 1. The highest BCUT2D eigenvalue weighted by Crippen LogP contribution is 2.01. The van der Waals surface area contributed by atoms with E-state index in [1.807, 2.05) is 0 Å². The van der Waals surface area contributed by atoms with Gasteiger partial charge >= 0.3 is 4.99 Å². The molecule has 80 valence electrons. The van der Waals surface area contributed by atoms with Crippen LogP contribution in [0.5, 0.6) is 0 Å². The summed E-state index contributed by atoms with van der Waals surface area (Å²) in [7, 11) is 0. The van der Waals surface area contributed by atoms with Gasteiger partial charge < -0.3 is 4.42 Å². The first-order chi connectivity index (χ1) is 7.68. The van der Waals surface area contributed by atoms with Gasteiger partial charge in [-0.1, -0.05) is 0 Å². The first-order valence-electron chi connectivity index (χ1n) is 4.79. The largest absolute Gasteiger partial charge is 0.457 e.